The summed E-state index contributed by atoms with van der Waals surface area (Å²) in [5, 5.41) is 7.81. The molecule has 3 heterocycles. The molecule has 0 spiro atoms. The minimum absolute atomic E-state index is 0.109. The zero-order valence-corrected chi connectivity index (χ0v) is 13.4. The van der Waals surface area contributed by atoms with Crippen LogP contribution in [0.15, 0.2) is 30.6 Å². The number of hydrogen-bond acceptors (Lipinski definition) is 4. The lowest BCUT2D eigenvalue weighted by Gasteiger charge is -2.06. The van der Waals surface area contributed by atoms with Crippen LogP contribution in [-0.4, -0.2) is 30.2 Å². The Kier molecular flexibility index (Phi) is 2.85. The Bertz CT molecular complexity index is 1130. The summed E-state index contributed by atoms with van der Waals surface area (Å²) in [5.74, 6) is -0.345. The van der Waals surface area contributed by atoms with E-state index in [9.17, 15) is 8.78 Å². The van der Waals surface area contributed by atoms with E-state index >= 15 is 0 Å². The molecule has 8 heteroatoms. The number of imidazole rings is 1. The van der Waals surface area contributed by atoms with Crippen LogP contribution in [0.4, 0.5) is 14.6 Å². The van der Waals surface area contributed by atoms with Gasteiger partial charge in [0.25, 0.3) is 0 Å². The van der Waals surface area contributed by atoms with Crippen LogP contribution in [-0.2, 0) is 7.05 Å². The fraction of sp³-hybridized carbons (Fsp3) is 0.235. The zero-order chi connectivity index (χ0) is 17.1. The van der Waals surface area contributed by atoms with Crippen molar-refractivity contribution < 1.29 is 8.78 Å². The van der Waals surface area contributed by atoms with Crippen molar-refractivity contribution in [2.45, 2.75) is 18.9 Å². The number of anilines is 1. The average molecular weight is 340 g/mol. The van der Waals surface area contributed by atoms with Crippen molar-refractivity contribution in [1.82, 2.24) is 24.1 Å². The van der Waals surface area contributed by atoms with Gasteiger partial charge in [-0.3, -0.25) is 0 Å². The predicted molar refractivity (Wildman–Crippen MR) is 89.3 cm³/mol. The van der Waals surface area contributed by atoms with Gasteiger partial charge in [0.1, 0.15) is 11.6 Å². The first-order chi connectivity index (χ1) is 12.1. The van der Waals surface area contributed by atoms with Crippen molar-refractivity contribution in [2.75, 3.05) is 5.32 Å². The molecule has 25 heavy (non-hydrogen) atoms. The first-order valence-corrected chi connectivity index (χ1v) is 8.03. The predicted octanol–water partition coefficient (Wildman–Crippen LogP) is 3.14. The number of rotatable bonds is 3. The highest BCUT2D eigenvalue weighted by Crippen LogP contribution is 2.30. The summed E-state index contributed by atoms with van der Waals surface area (Å²) in [6, 6.07) is 5.40. The molecule has 1 fully saturated rings. The minimum atomic E-state index is -0.526. The van der Waals surface area contributed by atoms with Gasteiger partial charge in [-0.05, 0) is 31.0 Å². The van der Waals surface area contributed by atoms with Gasteiger partial charge in [0.15, 0.2) is 22.6 Å². The number of fused-ring (bicyclic) bond motifs is 3. The lowest BCUT2D eigenvalue weighted by atomic mass is 10.1. The molecule has 5 rings (SSSR count). The Balaban J connectivity index is 1.77. The van der Waals surface area contributed by atoms with Gasteiger partial charge in [-0.25, -0.2) is 18.7 Å². The molecule has 1 aromatic carbocycles. The summed E-state index contributed by atoms with van der Waals surface area (Å²) in [6.07, 6.45) is 3.91. The zero-order valence-electron chi connectivity index (χ0n) is 13.4. The lowest BCUT2D eigenvalue weighted by Crippen LogP contribution is -2.07. The van der Waals surface area contributed by atoms with Crippen LogP contribution in [0.5, 0.6) is 0 Å². The fourth-order valence-electron chi connectivity index (χ4n) is 2.96. The van der Waals surface area contributed by atoms with E-state index in [0.29, 0.717) is 28.7 Å². The SMILES string of the molecule is Cn1cnc2c(NC3CC3)nc3cc(-c4cc(F)ccc4F)nn3c21. The van der Waals surface area contributed by atoms with Crippen LogP contribution in [0, 0.1) is 11.6 Å². The molecule has 1 aliphatic carbocycles. The van der Waals surface area contributed by atoms with Crippen molar-refractivity contribution in [3.05, 3.63) is 42.2 Å². The Labute approximate surface area is 141 Å². The average Bonchev–Trinajstić information content (AvgIpc) is 3.16. The fourth-order valence-corrected chi connectivity index (χ4v) is 2.96. The van der Waals surface area contributed by atoms with Crippen LogP contribution < -0.4 is 5.32 Å². The summed E-state index contributed by atoms with van der Waals surface area (Å²) < 4.78 is 31.1. The number of nitrogens with one attached hydrogen (secondary N) is 1. The van der Waals surface area contributed by atoms with E-state index in [-0.39, 0.29) is 5.56 Å². The van der Waals surface area contributed by atoms with Crippen LogP contribution in [0.1, 0.15) is 12.8 Å². The first kappa shape index (κ1) is 14.3. The number of aryl methyl sites for hydroxylation is 1. The highest BCUT2D eigenvalue weighted by Gasteiger charge is 2.24. The van der Waals surface area contributed by atoms with Crippen molar-refractivity contribution in [3.63, 3.8) is 0 Å². The third-order valence-corrected chi connectivity index (χ3v) is 4.37. The van der Waals surface area contributed by atoms with Gasteiger partial charge in [-0.1, -0.05) is 0 Å². The summed E-state index contributed by atoms with van der Waals surface area (Å²) >= 11 is 0. The molecule has 1 N–H and O–H groups in total. The van der Waals surface area contributed by atoms with E-state index in [1.807, 2.05) is 11.6 Å². The summed E-state index contributed by atoms with van der Waals surface area (Å²) in [4.78, 5) is 9.00. The van der Waals surface area contributed by atoms with E-state index in [1.54, 1.807) is 16.9 Å². The largest absolute Gasteiger partial charge is 0.365 e. The van der Waals surface area contributed by atoms with E-state index in [0.717, 1.165) is 36.7 Å². The smallest absolute Gasteiger partial charge is 0.167 e. The molecule has 0 bridgehead atoms. The molecule has 0 aliphatic heterocycles. The molecule has 1 aliphatic rings. The summed E-state index contributed by atoms with van der Waals surface area (Å²) in [6.45, 7) is 0. The molecule has 0 atom stereocenters. The number of benzene rings is 1. The van der Waals surface area contributed by atoms with Crippen molar-refractivity contribution >= 4 is 22.6 Å². The third kappa shape index (κ3) is 2.25. The second-order valence-corrected chi connectivity index (χ2v) is 6.33. The third-order valence-electron chi connectivity index (χ3n) is 4.37. The first-order valence-electron chi connectivity index (χ1n) is 8.03. The molecular formula is C17H14F2N6. The molecule has 126 valence electrons. The molecule has 6 nitrogen and oxygen atoms in total. The second-order valence-electron chi connectivity index (χ2n) is 6.33. The summed E-state index contributed by atoms with van der Waals surface area (Å²) in [7, 11) is 1.86. The molecule has 4 aromatic rings. The monoisotopic (exact) mass is 340 g/mol. The van der Waals surface area contributed by atoms with Crippen LogP contribution >= 0.6 is 0 Å². The molecule has 3 aromatic heterocycles. The van der Waals surface area contributed by atoms with Gasteiger partial charge in [0.05, 0.1) is 12.0 Å². The molecular weight excluding hydrogens is 326 g/mol. The van der Waals surface area contributed by atoms with E-state index in [2.05, 4.69) is 20.4 Å². The molecule has 0 saturated heterocycles. The maximum Gasteiger partial charge on any atom is 0.167 e. The van der Waals surface area contributed by atoms with Crippen LogP contribution in [0.3, 0.4) is 0 Å². The number of halogens is 2. The van der Waals surface area contributed by atoms with Crippen molar-refractivity contribution in [2.24, 2.45) is 7.05 Å². The Hall–Kier alpha value is -3.03. The Morgan fingerprint density at radius 1 is 1.20 bits per heavy atom. The van der Waals surface area contributed by atoms with Gasteiger partial charge in [0.2, 0.25) is 0 Å². The van der Waals surface area contributed by atoms with E-state index in [4.69, 9.17) is 0 Å². The summed E-state index contributed by atoms with van der Waals surface area (Å²) in [5.41, 5.74) is 2.44. The molecule has 1 saturated carbocycles. The van der Waals surface area contributed by atoms with Gasteiger partial charge >= 0.3 is 0 Å². The normalized spacial score (nSPS) is 14.5. The highest BCUT2D eigenvalue weighted by molar-refractivity contribution is 5.86. The minimum Gasteiger partial charge on any atom is -0.365 e. The van der Waals surface area contributed by atoms with Gasteiger partial charge in [0, 0.05) is 24.7 Å². The van der Waals surface area contributed by atoms with E-state index in [1.165, 1.54) is 0 Å². The van der Waals surface area contributed by atoms with Gasteiger partial charge in [-0.15, -0.1) is 0 Å². The van der Waals surface area contributed by atoms with Crippen LogP contribution in [0.2, 0.25) is 0 Å². The van der Waals surface area contributed by atoms with Crippen molar-refractivity contribution in [1.29, 1.82) is 0 Å². The molecule has 0 unspecified atom stereocenters. The van der Waals surface area contributed by atoms with Gasteiger partial charge in [-0.2, -0.15) is 9.61 Å². The Morgan fingerprint density at radius 2 is 2.04 bits per heavy atom. The highest BCUT2D eigenvalue weighted by atomic mass is 19.1. The number of nitrogens with zero attached hydrogens (tertiary/aromatic N) is 5. The standard InChI is InChI=1S/C17H14F2N6/c1-24-8-20-15-16(21-10-3-4-10)22-14-7-13(23-25(14)17(15)24)11-6-9(18)2-5-12(11)19/h2,5-8,10H,3-4H2,1H3,(H,21,22). The maximum absolute atomic E-state index is 14.1. The Morgan fingerprint density at radius 3 is 2.84 bits per heavy atom. The van der Waals surface area contributed by atoms with E-state index < -0.39 is 11.6 Å². The lowest BCUT2D eigenvalue weighted by molar-refractivity contribution is 0.602. The number of hydrogen-bond donors (Lipinski definition) is 1. The molecule has 0 amide bonds. The quantitative estimate of drug-likeness (QED) is 0.622. The topological polar surface area (TPSA) is 60.0 Å². The maximum atomic E-state index is 14.1. The number of aromatic nitrogens is 5. The van der Waals surface area contributed by atoms with Crippen LogP contribution in [0.25, 0.3) is 28.1 Å². The van der Waals surface area contributed by atoms with Gasteiger partial charge < -0.3 is 9.88 Å². The molecule has 0 radical (unpaired) electrons. The second kappa shape index (κ2) is 4.98. The van der Waals surface area contributed by atoms with Crippen molar-refractivity contribution in [3.8, 4) is 11.3 Å².